The van der Waals surface area contributed by atoms with Gasteiger partial charge in [-0.2, -0.15) is 0 Å². The van der Waals surface area contributed by atoms with Gasteiger partial charge in [-0.15, -0.1) is 11.6 Å². The quantitative estimate of drug-likeness (QED) is 0.622. The van der Waals surface area contributed by atoms with Crippen LogP contribution in [0.2, 0.25) is 0 Å². The molecule has 0 spiro atoms. The lowest BCUT2D eigenvalue weighted by Crippen LogP contribution is -2.12. The number of aromatic nitrogens is 1. The van der Waals surface area contributed by atoms with Crippen molar-refractivity contribution in [3.05, 3.63) is 64.3 Å². The van der Waals surface area contributed by atoms with E-state index in [0.717, 1.165) is 15.4 Å². The summed E-state index contributed by atoms with van der Waals surface area (Å²) in [4.78, 5) is 16.8. The van der Waals surface area contributed by atoms with Gasteiger partial charge in [0.2, 0.25) is 0 Å². The summed E-state index contributed by atoms with van der Waals surface area (Å²) in [6, 6.07) is 12.8. The summed E-state index contributed by atoms with van der Waals surface area (Å²) in [5.74, 6) is 0.712. The molecule has 1 N–H and O–H groups in total. The summed E-state index contributed by atoms with van der Waals surface area (Å²) in [5.41, 5.74) is 2.74. The average Bonchev–Trinajstić information content (AvgIpc) is 2.61. The minimum absolute atomic E-state index is 0.211. The Labute approximate surface area is 152 Å². The fourth-order valence-corrected chi connectivity index (χ4v) is 2.80. The summed E-state index contributed by atoms with van der Waals surface area (Å²) >= 11 is 9.20. The second-order valence-corrected chi connectivity index (χ2v) is 6.34. The van der Waals surface area contributed by atoms with Crippen molar-refractivity contribution in [3.63, 3.8) is 0 Å². The van der Waals surface area contributed by atoms with E-state index in [1.54, 1.807) is 31.5 Å². The first kappa shape index (κ1) is 16.7. The van der Waals surface area contributed by atoms with Crippen molar-refractivity contribution in [1.82, 2.24) is 4.98 Å². The summed E-state index contributed by atoms with van der Waals surface area (Å²) in [5, 5.41) is 3.78. The molecule has 3 aromatic rings. The monoisotopic (exact) mass is 404 g/mol. The second-order valence-electron chi connectivity index (χ2n) is 5.16. The number of amides is 1. The number of benzene rings is 2. The number of pyridine rings is 1. The van der Waals surface area contributed by atoms with Gasteiger partial charge in [0.05, 0.1) is 12.8 Å². The van der Waals surface area contributed by atoms with Crippen LogP contribution in [0.15, 0.2) is 53.1 Å². The fourth-order valence-electron chi connectivity index (χ4n) is 2.39. The standard InChI is InChI=1S/C18H14BrClN2O2/c1-24-17-15(22-18(23)12-2-5-14(19)6-3-12)7-4-13-8-11(9-20)10-21-16(13)17/h2-8,10H,9H2,1H3,(H,22,23). The molecule has 3 rings (SSSR count). The van der Waals surface area contributed by atoms with E-state index in [-0.39, 0.29) is 5.91 Å². The normalized spacial score (nSPS) is 10.6. The Bertz CT molecular complexity index is 897. The summed E-state index contributed by atoms with van der Waals surface area (Å²) in [7, 11) is 1.56. The highest BCUT2D eigenvalue weighted by molar-refractivity contribution is 9.10. The van der Waals surface area contributed by atoms with Crippen molar-refractivity contribution < 1.29 is 9.53 Å². The molecule has 24 heavy (non-hydrogen) atoms. The zero-order chi connectivity index (χ0) is 17.1. The molecular formula is C18H14BrClN2O2. The van der Waals surface area contributed by atoms with E-state index in [1.165, 1.54) is 0 Å². The zero-order valence-electron chi connectivity index (χ0n) is 12.8. The maximum atomic E-state index is 12.4. The van der Waals surface area contributed by atoms with Gasteiger partial charge in [0.1, 0.15) is 5.52 Å². The van der Waals surface area contributed by atoms with Crippen LogP contribution < -0.4 is 10.1 Å². The van der Waals surface area contributed by atoms with Gasteiger partial charge in [0.25, 0.3) is 5.91 Å². The maximum absolute atomic E-state index is 12.4. The Morgan fingerprint density at radius 1 is 1.25 bits per heavy atom. The Kier molecular flexibility index (Phi) is 5.02. The van der Waals surface area contributed by atoms with E-state index in [1.807, 2.05) is 24.3 Å². The van der Waals surface area contributed by atoms with E-state index >= 15 is 0 Å². The molecule has 0 aliphatic heterocycles. The predicted molar refractivity (Wildman–Crippen MR) is 99.9 cm³/mol. The van der Waals surface area contributed by atoms with Crippen LogP contribution in [-0.4, -0.2) is 18.0 Å². The topological polar surface area (TPSA) is 51.2 Å². The molecule has 122 valence electrons. The number of alkyl halides is 1. The van der Waals surface area contributed by atoms with Crippen LogP contribution in [0.1, 0.15) is 15.9 Å². The smallest absolute Gasteiger partial charge is 0.255 e. The number of fused-ring (bicyclic) bond motifs is 1. The molecule has 0 unspecified atom stereocenters. The lowest BCUT2D eigenvalue weighted by Gasteiger charge is -2.13. The lowest BCUT2D eigenvalue weighted by atomic mass is 10.1. The third-order valence-electron chi connectivity index (χ3n) is 3.58. The highest BCUT2D eigenvalue weighted by atomic mass is 79.9. The SMILES string of the molecule is COc1c(NC(=O)c2ccc(Br)cc2)ccc2cc(CCl)cnc12. The summed E-state index contributed by atoms with van der Waals surface area (Å²) in [6.45, 7) is 0. The van der Waals surface area contributed by atoms with Crippen molar-refractivity contribution in [2.45, 2.75) is 5.88 Å². The van der Waals surface area contributed by atoms with Crippen LogP contribution in [0.4, 0.5) is 5.69 Å². The van der Waals surface area contributed by atoms with E-state index in [9.17, 15) is 4.79 Å². The van der Waals surface area contributed by atoms with Gasteiger partial charge >= 0.3 is 0 Å². The third-order valence-corrected chi connectivity index (χ3v) is 4.41. The first-order valence-electron chi connectivity index (χ1n) is 7.21. The molecule has 0 bridgehead atoms. The Balaban J connectivity index is 1.97. The van der Waals surface area contributed by atoms with Crippen LogP contribution in [0.25, 0.3) is 10.9 Å². The molecule has 1 amide bonds. The van der Waals surface area contributed by atoms with Crippen LogP contribution in [0.5, 0.6) is 5.75 Å². The number of ether oxygens (including phenoxy) is 1. The summed E-state index contributed by atoms with van der Waals surface area (Å²) < 4.78 is 6.39. The number of hydrogen-bond donors (Lipinski definition) is 1. The van der Waals surface area contributed by atoms with Crippen molar-refractivity contribution in [2.24, 2.45) is 0 Å². The Morgan fingerprint density at radius 2 is 2.00 bits per heavy atom. The number of nitrogens with zero attached hydrogens (tertiary/aromatic N) is 1. The number of anilines is 1. The molecule has 0 aliphatic carbocycles. The van der Waals surface area contributed by atoms with Crippen LogP contribution in [0, 0.1) is 0 Å². The van der Waals surface area contributed by atoms with Gasteiger partial charge in [0.15, 0.2) is 5.75 Å². The molecule has 4 nitrogen and oxygen atoms in total. The molecule has 0 saturated heterocycles. The van der Waals surface area contributed by atoms with E-state index in [0.29, 0.717) is 28.4 Å². The molecule has 1 heterocycles. The first-order chi connectivity index (χ1) is 11.6. The van der Waals surface area contributed by atoms with E-state index in [4.69, 9.17) is 16.3 Å². The fraction of sp³-hybridized carbons (Fsp3) is 0.111. The van der Waals surface area contributed by atoms with Crippen LogP contribution >= 0.6 is 27.5 Å². The highest BCUT2D eigenvalue weighted by Crippen LogP contribution is 2.33. The lowest BCUT2D eigenvalue weighted by molar-refractivity contribution is 0.102. The molecule has 0 atom stereocenters. The first-order valence-corrected chi connectivity index (χ1v) is 8.53. The molecule has 0 radical (unpaired) electrons. The van der Waals surface area contributed by atoms with Crippen LogP contribution in [0.3, 0.4) is 0 Å². The van der Waals surface area contributed by atoms with Crippen LogP contribution in [-0.2, 0) is 5.88 Å². The zero-order valence-corrected chi connectivity index (χ0v) is 15.2. The van der Waals surface area contributed by atoms with Crippen molar-refractivity contribution in [2.75, 3.05) is 12.4 Å². The number of halogens is 2. The number of nitrogens with one attached hydrogen (secondary N) is 1. The Hall–Kier alpha value is -2.11. The number of rotatable bonds is 4. The molecule has 1 aromatic heterocycles. The molecule has 0 aliphatic rings. The molecule has 0 saturated carbocycles. The number of carbonyl (C=O) groups excluding carboxylic acids is 1. The number of carbonyl (C=O) groups is 1. The number of methoxy groups -OCH3 is 1. The van der Waals surface area contributed by atoms with Gasteiger partial charge in [0, 0.05) is 27.5 Å². The largest absolute Gasteiger partial charge is 0.492 e. The molecular weight excluding hydrogens is 392 g/mol. The second kappa shape index (κ2) is 7.20. The Morgan fingerprint density at radius 3 is 2.67 bits per heavy atom. The van der Waals surface area contributed by atoms with Gasteiger partial charge in [-0.25, -0.2) is 0 Å². The highest BCUT2D eigenvalue weighted by Gasteiger charge is 2.13. The average molecular weight is 406 g/mol. The van der Waals surface area contributed by atoms with Gasteiger partial charge in [-0.3, -0.25) is 9.78 Å². The van der Waals surface area contributed by atoms with E-state index < -0.39 is 0 Å². The molecule has 6 heteroatoms. The summed E-state index contributed by atoms with van der Waals surface area (Å²) in [6.07, 6.45) is 1.71. The van der Waals surface area contributed by atoms with Gasteiger partial charge in [-0.1, -0.05) is 22.0 Å². The third kappa shape index (κ3) is 3.37. The minimum Gasteiger partial charge on any atom is -0.492 e. The minimum atomic E-state index is -0.211. The maximum Gasteiger partial charge on any atom is 0.255 e. The van der Waals surface area contributed by atoms with Crippen molar-refractivity contribution in [1.29, 1.82) is 0 Å². The van der Waals surface area contributed by atoms with Gasteiger partial charge < -0.3 is 10.1 Å². The van der Waals surface area contributed by atoms with E-state index in [2.05, 4.69) is 26.2 Å². The number of hydrogen-bond acceptors (Lipinski definition) is 3. The predicted octanol–water partition coefficient (Wildman–Crippen LogP) is 5.00. The van der Waals surface area contributed by atoms with Crippen molar-refractivity contribution in [3.8, 4) is 5.75 Å². The molecule has 0 fully saturated rings. The van der Waals surface area contributed by atoms with Gasteiger partial charge in [-0.05, 0) is 42.0 Å². The molecule has 2 aromatic carbocycles. The van der Waals surface area contributed by atoms with Crippen molar-refractivity contribution >= 4 is 50.0 Å².